The Morgan fingerprint density at radius 2 is 0.746 bits per heavy atom. The lowest BCUT2D eigenvalue weighted by Gasteiger charge is -2.18. The molecule has 0 spiro atoms. The van der Waals surface area contributed by atoms with Crippen LogP contribution in [0.25, 0.3) is 0 Å². The molecule has 0 bridgehead atoms. The molecule has 0 saturated carbocycles. The maximum Gasteiger partial charge on any atom is 0.309 e. The van der Waals surface area contributed by atoms with Crippen molar-refractivity contribution in [2.24, 2.45) is 0 Å². The third-order valence-corrected chi connectivity index (χ3v) is 9.92. The van der Waals surface area contributed by atoms with Crippen LogP contribution in [-0.4, -0.2) is 37.2 Å². The van der Waals surface area contributed by atoms with E-state index in [1.165, 1.54) is 103 Å². The van der Waals surface area contributed by atoms with Crippen molar-refractivity contribution in [3.8, 4) is 0 Å². The standard InChI is InChI=1S/C53H88O6/c1-4-7-10-13-16-19-21-23-25-26-28-29-31-34-37-40-43-46-52(55)58-49-50(48-57-51(54)45-42-39-36-33-18-15-12-9-6-3)59-53(56)47-44-41-38-35-32-30-27-24-22-20-17-14-11-8-5-2/h9,12,16,18-19,23,25,28-29,33-34,37,39,42,50H,4-8,10-11,13-15,17,20-22,24,26-27,30-32,35-36,38,40-41,43-49H2,1-3H3/b12-9-,19-16-,25-23-,29-28-,33-18-,37-34-,42-39-. The first-order valence-electron chi connectivity index (χ1n) is 24.1. The molecule has 0 aliphatic rings. The average Bonchev–Trinajstić information content (AvgIpc) is 3.23. The third-order valence-electron chi connectivity index (χ3n) is 9.92. The quantitative estimate of drug-likeness (QED) is 0.0264. The molecule has 0 aromatic heterocycles. The van der Waals surface area contributed by atoms with E-state index < -0.39 is 12.1 Å². The van der Waals surface area contributed by atoms with Gasteiger partial charge in [-0.25, -0.2) is 0 Å². The molecule has 6 nitrogen and oxygen atoms in total. The number of unbranched alkanes of at least 4 members (excludes halogenated alkanes) is 18. The number of rotatable bonds is 42. The van der Waals surface area contributed by atoms with Crippen molar-refractivity contribution < 1.29 is 28.6 Å². The fraction of sp³-hybridized carbons (Fsp3) is 0.679. The summed E-state index contributed by atoms with van der Waals surface area (Å²) in [6.07, 6.45) is 60.4. The summed E-state index contributed by atoms with van der Waals surface area (Å²) in [6, 6.07) is 0. The highest BCUT2D eigenvalue weighted by Crippen LogP contribution is 2.14. The Labute approximate surface area is 363 Å². The third kappa shape index (κ3) is 45.5. The zero-order chi connectivity index (χ0) is 43.0. The SMILES string of the molecule is CC/C=C\C/C=C\C/C=C\CC(=O)OCC(COC(=O)CCC/C=C\C/C=C\C/C=C\C/C=C\CCCCC)OC(=O)CCCCCCCCCCCCCCCCC. The summed E-state index contributed by atoms with van der Waals surface area (Å²) in [5.41, 5.74) is 0. The van der Waals surface area contributed by atoms with Crippen LogP contribution in [0.3, 0.4) is 0 Å². The van der Waals surface area contributed by atoms with Crippen LogP contribution >= 0.6 is 0 Å². The molecule has 0 fully saturated rings. The Morgan fingerprint density at radius 3 is 1.24 bits per heavy atom. The van der Waals surface area contributed by atoms with Gasteiger partial charge in [-0.1, -0.05) is 209 Å². The number of hydrogen-bond acceptors (Lipinski definition) is 6. The van der Waals surface area contributed by atoms with Crippen molar-refractivity contribution in [3.05, 3.63) is 85.1 Å². The van der Waals surface area contributed by atoms with E-state index in [0.29, 0.717) is 12.8 Å². The zero-order valence-corrected chi connectivity index (χ0v) is 38.2. The Morgan fingerprint density at radius 1 is 0.373 bits per heavy atom. The van der Waals surface area contributed by atoms with E-state index in [4.69, 9.17) is 14.2 Å². The van der Waals surface area contributed by atoms with Crippen molar-refractivity contribution >= 4 is 17.9 Å². The summed E-state index contributed by atoms with van der Waals surface area (Å²) >= 11 is 0. The molecule has 0 aromatic carbocycles. The van der Waals surface area contributed by atoms with E-state index in [1.54, 1.807) is 6.08 Å². The summed E-state index contributed by atoms with van der Waals surface area (Å²) in [6.45, 7) is 6.34. The van der Waals surface area contributed by atoms with Crippen molar-refractivity contribution in [2.45, 2.75) is 219 Å². The van der Waals surface area contributed by atoms with Crippen molar-refractivity contribution in [2.75, 3.05) is 13.2 Å². The molecule has 336 valence electrons. The summed E-state index contributed by atoms with van der Waals surface area (Å²) in [7, 11) is 0. The topological polar surface area (TPSA) is 78.9 Å². The van der Waals surface area contributed by atoms with Crippen LogP contribution in [0.2, 0.25) is 0 Å². The largest absolute Gasteiger partial charge is 0.462 e. The predicted molar refractivity (Wildman–Crippen MR) is 251 cm³/mol. The second-order valence-electron chi connectivity index (χ2n) is 15.7. The van der Waals surface area contributed by atoms with Gasteiger partial charge in [0.1, 0.15) is 13.2 Å². The smallest absolute Gasteiger partial charge is 0.309 e. The summed E-state index contributed by atoms with van der Waals surface area (Å²) in [5.74, 6) is -1.11. The molecular formula is C53H88O6. The molecule has 0 aliphatic heterocycles. The molecule has 0 amide bonds. The van der Waals surface area contributed by atoms with Crippen LogP contribution in [0.4, 0.5) is 0 Å². The molecule has 0 saturated heterocycles. The lowest BCUT2D eigenvalue weighted by molar-refractivity contribution is -0.166. The Hall–Kier alpha value is -3.41. The zero-order valence-electron chi connectivity index (χ0n) is 38.2. The fourth-order valence-electron chi connectivity index (χ4n) is 6.32. The van der Waals surface area contributed by atoms with E-state index >= 15 is 0 Å². The van der Waals surface area contributed by atoms with Gasteiger partial charge in [0.2, 0.25) is 0 Å². The molecule has 59 heavy (non-hydrogen) atoms. The number of carbonyl (C=O) groups is 3. The fourth-order valence-corrected chi connectivity index (χ4v) is 6.32. The normalized spacial score (nSPS) is 12.8. The first-order chi connectivity index (χ1) is 29.0. The lowest BCUT2D eigenvalue weighted by Crippen LogP contribution is -2.30. The molecule has 1 unspecified atom stereocenters. The van der Waals surface area contributed by atoms with Crippen molar-refractivity contribution in [3.63, 3.8) is 0 Å². The summed E-state index contributed by atoms with van der Waals surface area (Å²) in [5, 5.41) is 0. The lowest BCUT2D eigenvalue weighted by atomic mass is 10.0. The number of hydrogen-bond donors (Lipinski definition) is 0. The Kier molecular flexibility index (Phi) is 44.5. The van der Waals surface area contributed by atoms with Crippen molar-refractivity contribution in [1.29, 1.82) is 0 Å². The van der Waals surface area contributed by atoms with Crippen LogP contribution in [-0.2, 0) is 28.6 Å². The highest BCUT2D eigenvalue weighted by atomic mass is 16.6. The predicted octanol–water partition coefficient (Wildman–Crippen LogP) is 15.6. The molecule has 0 aliphatic carbocycles. The van der Waals surface area contributed by atoms with Crippen LogP contribution in [0.15, 0.2) is 85.1 Å². The minimum atomic E-state index is -0.830. The molecule has 0 aromatic rings. The first kappa shape index (κ1) is 55.6. The molecule has 0 radical (unpaired) electrons. The highest BCUT2D eigenvalue weighted by molar-refractivity contribution is 5.72. The van der Waals surface area contributed by atoms with Gasteiger partial charge >= 0.3 is 17.9 Å². The molecule has 0 heterocycles. The van der Waals surface area contributed by atoms with Crippen LogP contribution in [0.1, 0.15) is 213 Å². The minimum absolute atomic E-state index is 0.126. The molecule has 6 heteroatoms. The van der Waals surface area contributed by atoms with Crippen molar-refractivity contribution in [1.82, 2.24) is 0 Å². The summed E-state index contributed by atoms with van der Waals surface area (Å²) < 4.78 is 16.6. The van der Waals surface area contributed by atoms with Crippen LogP contribution in [0.5, 0.6) is 0 Å². The first-order valence-corrected chi connectivity index (χ1v) is 24.1. The maximum atomic E-state index is 12.7. The van der Waals surface area contributed by atoms with Gasteiger partial charge in [0.05, 0.1) is 6.42 Å². The van der Waals surface area contributed by atoms with E-state index in [0.717, 1.165) is 64.2 Å². The average molecular weight is 821 g/mol. The summed E-state index contributed by atoms with van der Waals surface area (Å²) in [4.78, 5) is 37.7. The van der Waals surface area contributed by atoms with E-state index in [2.05, 4.69) is 93.7 Å². The Bertz CT molecular complexity index is 1170. The van der Waals surface area contributed by atoms with E-state index in [-0.39, 0.29) is 38.0 Å². The Balaban J connectivity index is 4.48. The van der Waals surface area contributed by atoms with E-state index in [9.17, 15) is 14.4 Å². The van der Waals surface area contributed by atoms with Gasteiger partial charge in [0, 0.05) is 12.8 Å². The molecular weight excluding hydrogens is 733 g/mol. The van der Waals surface area contributed by atoms with Gasteiger partial charge in [-0.15, -0.1) is 0 Å². The van der Waals surface area contributed by atoms with Crippen LogP contribution < -0.4 is 0 Å². The minimum Gasteiger partial charge on any atom is -0.462 e. The maximum absolute atomic E-state index is 12.7. The number of allylic oxidation sites excluding steroid dienone is 13. The molecule has 1 atom stereocenters. The monoisotopic (exact) mass is 821 g/mol. The second kappa shape index (κ2) is 47.3. The van der Waals surface area contributed by atoms with E-state index in [1.807, 2.05) is 6.08 Å². The number of carbonyl (C=O) groups excluding carboxylic acids is 3. The van der Waals surface area contributed by atoms with Gasteiger partial charge in [-0.05, 0) is 70.6 Å². The van der Waals surface area contributed by atoms with Crippen LogP contribution in [0, 0.1) is 0 Å². The van der Waals surface area contributed by atoms with Gasteiger partial charge < -0.3 is 14.2 Å². The highest BCUT2D eigenvalue weighted by Gasteiger charge is 2.19. The van der Waals surface area contributed by atoms with Gasteiger partial charge in [0.15, 0.2) is 6.10 Å². The second-order valence-corrected chi connectivity index (χ2v) is 15.7. The van der Waals surface area contributed by atoms with Gasteiger partial charge in [0.25, 0.3) is 0 Å². The molecule has 0 N–H and O–H groups in total. The van der Waals surface area contributed by atoms with Gasteiger partial charge in [-0.2, -0.15) is 0 Å². The molecule has 0 rings (SSSR count). The number of esters is 3. The van der Waals surface area contributed by atoms with Gasteiger partial charge in [-0.3, -0.25) is 14.4 Å². The number of ether oxygens (including phenoxy) is 3.